The van der Waals surface area contributed by atoms with Gasteiger partial charge in [-0.15, -0.1) is 0 Å². The van der Waals surface area contributed by atoms with Crippen LogP contribution in [0.2, 0.25) is 0 Å². The highest BCUT2D eigenvalue weighted by molar-refractivity contribution is 5.69. The average Bonchev–Trinajstić information content (AvgIpc) is 2.30. The van der Waals surface area contributed by atoms with E-state index in [0.29, 0.717) is 0 Å². The maximum atomic E-state index is 3.31. The van der Waals surface area contributed by atoms with Crippen LogP contribution in [-0.2, 0) is 0 Å². The molecule has 0 saturated heterocycles. The fourth-order valence-corrected chi connectivity index (χ4v) is 1.70. The van der Waals surface area contributed by atoms with Gasteiger partial charge in [-0.25, -0.2) is 0 Å². The summed E-state index contributed by atoms with van der Waals surface area (Å²) in [5.41, 5.74) is 2.56. The van der Waals surface area contributed by atoms with Crippen molar-refractivity contribution in [2.45, 2.75) is 13.8 Å². The minimum Gasteiger partial charge on any atom is -0.0761 e. The predicted molar refractivity (Wildman–Crippen MR) is 65.3 cm³/mol. The third-order valence-electron chi connectivity index (χ3n) is 2.46. The summed E-state index contributed by atoms with van der Waals surface area (Å²) in [5.74, 6) is 0. The summed E-state index contributed by atoms with van der Waals surface area (Å²) in [4.78, 5) is 0. The Bertz CT molecular complexity index is 523. The van der Waals surface area contributed by atoms with Gasteiger partial charge in [0.25, 0.3) is 0 Å². The van der Waals surface area contributed by atoms with Crippen LogP contribution in [0.1, 0.15) is 13.8 Å². The smallest absolute Gasteiger partial charge is 0.0131 e. The van der Waals surface area contributed by atoms with Gasteiger partial charge in [-0.2, -0.15) is 0 Å². The summed E-state index contributed by atoms with van der Waals surface area (Å²) in [6.07, 6.45) is 10.4. The lowest BCUT2D eigenvalue weighted by atomic mass is 10.0. The van der Waals surface area contributed by atoms with Crippen molar-refractivity contribution in [1.82, 2.24) is 0 Å². The van der Waals surface area contributed by atoms with Gasteiger partial charge in [0.1, 0.15) is 0 Å². The van der Waals surface area contributed by atoms with Crippen molar-refractivity contribution in [3.63, 3.8) is 0 Å². The van der Waals surface area contributed by atoms with Crippen molar-refractivity contribution in [3.8, 4) is 0 Å². The third kappa shape index (κ3) is 2.10. The van der Waals surface area contributed by atoms with E-state index in [2.05, 4.69) is 50.6 Å². The van der Waals surface area contributed by atoms with Crippen LogP contribution >= 0.6 is 0 Å². The molecule has 0 fully saturated rings. The Kier molecular flexibility index (Phi) is 2.86. The standard InChI is InChI=1S/C15H14/c1-12(2)14-10-6-7-11-15(14)13-8-4-3-5-9-13/h3-10H,1-2H3. The summed E-state index contributed by atoms with van der Waals surface area (Å²) in [6, 6.07) is 9.46. The first-order chi connectivity index (χ1) is 7.29. The monoisotopic (exact) mass is 194 g/mol. The molecule has 0 amide bonds. The Morgan fingerprint density at radius 1 is 1.13 bits per heavy atom. The van der Waals surface area contributed by atoms with Crippen molar-refractivity contribution in [3.05, 3.63) is 65.4 Å². The molecule has 0 aliphatic heterocycles. The number of hydrogen-bond donors (Lipinski definition) is 0. The molecule has 1 aliphatic carbocycles. The Morgan fingerprint density at radius 3 is 2.67 bits per heavy atom. The molecule has 0 atom stereocenters. The van der Waals surface area contributed by atoms with Crippen LogP contribution in [-0.4, -0.2) is 0 Å². The van der Waals surface area contributed by atoms with Crippen LogP contribution in [0, 0.1) is 12.5 Å². The molecular formula is C15H14. The zero-order valence-corrected chi connectivity index (χ0v) is 9.12. The highest BCUT2D eigenvalue weighted by atomic mass is 14.0. The first kappa shape index (κ1) is 9.97. The van der Waals surface area contributed by atoms with Gasteiger partial charge in [-0.05, 0) is 35.9 Å². The maximum absolute atomic E-state index is 3.31. The van der Waals surface area contributed by atoms with Gasteiger partial charge in [0.2, 0.25) is 0 Å². The molecule has 0 saturated carbocycles. The molecule has 74 valence electrons. The van der Waals surface area contributed by atoms with Crippen LogP contribution in [0.5, 0.6) is 0 Å². The molecule has 15 heavy (non-hydrogen) atoms. The summed E-state index contributed by atoms with van der Waals surface area (Å²) < 4.78 is 0. The van der Waals surface area contributed by atoms with E-state index in [1.807, 2.05) is 18.2 Å². The lowest BCUT2D eigenvalue weighted by Gasteiger charge is -2.02. The summed E-state index contributed by atoms with van der Waals surface area (Å²) in [6.45, 7) is 4.27. The van der Waals surface area contributed by atoms with Crippen molar-refractivity contribution in [2.24, 2.45) is 0 Å². The minimum absolute atomic E-state index is 1.19. The van der Waals surface area contributed by atoms with Gasteiger partial charge in [-0.3, -0.25) is 0 Å². The van der Waals surface area contributed by atoms with Crippen molar-refractivity contribution in [2.75, 3.05) is 0 Å². The SMILES string of the molecule is CC(C)=c1ccc[c]c1=C1[CH]C=CC=C1. The molecule has 0 nitrogen and oxygen atoms in total. The van der Waals surface area contributed by atoms with E-state index >= 15 is 0 Å². The van der Waals surface area contributed by atoms with Crippen LogP contribution in [0.4, 0.5) is 0 Å². The lowest BCUT2D eigenvalue weighted by molar-refractivity contribution is 1.41. The molecule has 1 aromatic rings. The van der Waals surface area contributed by atoms with E-state index in [9.17, 15) is 0 Å². The molecule has 0 spiro atoms. The number of benzene rings is 1. The van der Waals surface area contributed by atoms with Crippen molar-refractivity contribution < 1.29 is 0 Å². The molecule has 0 unspecified atom stereocenters. The molecule has 1 aliphatic rings. The van der Waals surface area contributed by atoms with E-state index in [1.165, 1.54) is 21.6 Å². The van der Waals surface area contributed by atoms with E-state index in [-0.39, 0.29) is 0 Å². The fourth-order valence-electron chi connectivity index (χ4n) is 1.70. The molecule has 0 aromatic heterocycles. The van der Waals surface area contributed by atoms with Crippen LogP contribution in [0.3, 0.4) is 0 Å². The van der Waals surface area contributed by atoms with Gasteiger partial charge >= 0.3 is 0 Å². The largest absolute Gasteiger partial charge is 0.0761 e. The second-order valence-corrected chi connectivity index (χ2v) is 3.82. The molecular weight excluding hydrogens is 180 g/mol. The quantitative estimate of drug-likeness (QED) is 0.593. The summed E-state index contributed by atoms with van der Waals surface area (Å²) in [7, 11) is 0. The zero-order chi connectivity index (χ0) is 10.7. The van der Waals surface area contributed by atoms with E-state index in [0.717, 1.165) is 0 Å². The van der Waals surface area contributed by atoms with Crippen LogP contribution in [0.25, 0.3) is 11.1 Å². The molecule has 2 rings (SSSR count). The lowest BCUT2D eigenvalue weighted by Crippen LogP contribution is -2.28. The van der Waals surface area contributed by atoms with Gasteiger partial charge in [-0.1, -0.05) is 48.1 Å². The fraction of sp³-hybridized carbons (Fsp3) is 0.133. The first-order valence-electron chi connectivity index (χ1n) is 5.15. The predicted octanol–water partition coefficient (Wildman–Crippen LogP) is 2.16. The average molecular weight is 194 g/mol. The summed E-state index contributed by atoms with van der Waals surface area (Å²) in [5, 5.41) is 2.47. The second kappa shape index (κ2) is 4.31. The topological polar surface area (TPSA) is 0 Å². The number of hydrogen-bond acceptors (Lipinski definition) is 0. The maximum Gasteiger partial charge on any atom is 0.0131 e. The second-order valence-electron chi connectivity index (χ2n) is 3.82. The number of allylic oxidation sites excluding steroid dienone is 4. The zero-order valence-electron chi connectivity index (χ0n) is 9.12. The van der Waals surface area contributed by atoms with Gasteiger partial charge in [0.15, 0.2) is 0 Å². The van der Waals surface area contributed by atoms with Crippen LogP contribution in [0.15, 0.2) is 42.5 Å². The van der Waals surface area contributed by atoms with Gasteiger partial charge < -0.3 is 0 Å². The first-order valence-corrected chi connectivity index (χ1v) is 5.15. The highest BCUT2D eigenvalue weighted by Crippen LogP contribution is 2.07. The molecule has 2 radical (unpaired) electrons. The highest BCUT2D eigenvalue weighted by Gasteiger charge is 1.97. The molecule has 0 heteroatoms. The van der Waals surface area contributed by atoms with E-state index < -0.39 is 0 Å². The third-order valence-corrected chi connectivity index (χ3v) is 2.46. The molecule has 1 aromatic carbocycles. The molecule has 0 bridgehead atoms. The summed E-state index contributed by atoms with van der Waals surface area (Å²) >= 11 is 0. The van der Waals surface area contributed by atoms with Crippen molar-refractivity contribution in [1.29, 1.82) is 0 Å². The van der Waals surface area contributed by atoms with E-state index in [1.54, 1.807) is 0 Å². The van der Waals surface area contributed by atoms with Crippen LogP contribution < -0.4 is 10.4 Å². The Morgan fingerprint density at radius 2 is 2.00 bits per heavy atom. The van der Waals surface area contributed by atoms with Gasteiger partial charge in [0.05, 0.1) is 0 Å². The Labute approximate surface area is 91.0 Å². The van der Waals surface area contributed by atoms with Gasteiger partial charge in [0, 0.05) is 6.42 Å². The van der Waals surface area contributed by atoms with Crippen molar-refractivity contribution >= 4 is 11.1 Å². The Balaban J connectivity index is 2.79. The normalized spacial score (nSPS) is 18.0. The minimum atomic E-state index is 1.19. The molecule has 0 heterocycles. The molecule has 0 N–H and O–H groups in total. The number of rotatable bonds is 0. The van der Waals surface area contributed by atoms with E-state index in [4.69, 9.17) is 0 Å². The Hall–Kier alpha value is -1.56.